The number of alkyl halides is 1. The van der Waals surface area contributed by atoms with Crippen molar-refractivity contribution >= 4 is 17.4 Å². The van der Waals surface area contributed by atoms with Gasteiger partial charge in [0.05, 0.1) is 10.5 Å². The van der Waals surface area contributed by atoms with Gasteiger partial charge in [-0.05, 0) is 29.8 Å². The van der Waals surface area contributed by atoms with Gasteiger partial charge in [-0.2, -0.15) is 0 Å². The zero-order chi connectivity index (χ0) is 16.5. The van der Waals surface area contributed by atoms with Crippen LogP contribution >= 0.6 is 11.6 Å². The van der Waals surface area contributed by atoms with E-state index in [0.29, 0.717) is 0 Å². The number of hydrogen-bond acceptors (Lipinski definition) is 4. The molecule has 1 aromatic rings. The van der Waals surface area contributed by atoms with Gasteiger partial charge in [0.25, 0.3) is 5.78 Å². The number of para-hydroxylation sites is 1. The van der Waals surface area contributed by atoms with E-state index < -0.39 is 27.6 Å². The fourth-order valence-corrected chi connectivity index (χ4v) is 2.43. The number of benzene rings is 1. The Hall–Kier alpha value is -2.47. The number of carbonyl (C=O) groups is 1. The molecule has 0 saturated heterocycles. The third-order valence-corrected chi connectivity index (χ3v) is 3.77. The van der Waals surface area contributed by atoms with Crippen LogP contribution in [0.5, 0.6) is 5.75 Å². The highest BCUT2D eigenvalue weighted by atomic mass is 35.5. The molecule has 2 unspecified atom stereocenters. The Bertz CT molecular complexity index is 715. The van der Waals surface area contributed by atoms with Crippen molar-refractivity contribution in [2.45, 2.75) is 11.1 Å². The largest absolute Gasteiger partial charge is 0.475 e. The summed E-state index contributed by atoms with van der Waals surface area (Å²) in [6.45, 7) is 6.64. The number of allylic oxidation sites excluding steroid dienone is 2. The van der Waals surface area contributed by atoms with E-state index in [-0.39, 0.29) is 16.9 Å². The molecular formula is C15H11ClFNO4. The molecule has 1 aromatic carbocycles. The van der Waals surface area contributed by atoms with Gasteiger partial charge in [-0.3, -0.25) is 14.9 Å². The van der Waals surface area contributed by atoms with Crippen LogP contribution in [-0.4, -0.2) is 21.8 Å². The Morgan fingerprint density at radius 3 is 2.59 bits per heavy atom. The zero-order valence-electron chi connectivity index (χ0n) is 11.3. The van der Waals surface area contributed by atoms with E-state index in [1.807, 2.05) is 0 Å². The van der Waals surface area contributed by atoms with Gasteiger partial charge in [0.1, 0.15) is 11.6 Å². The molecule has 0 bridgehead atoms. The molecule has 1 heterocycles. The molecule has 2 rings (SSSR count). The topological polar surface area (TPSA) is 69.4 Å². The van der Waals surface area contributed by atoms with E-state index in [1.165, 1.54) is 18.2 Å². The van der Waals surface area contributed by atoms with Crippen LogP contribution in [0.15, 0.2) is 61.0 Å². The highest BCUT2D eigenvalue weighted by molar-refractivity contribution is 6.38. The van der Waals surface area contributed by atoms with Crippen molar-refractivity contribution in [2.75, 3.05) is 0 Å². The molecule has 2 atom stereocenters. The van der Waals surface area contributed by atoms with Crippen LogP contribution in [0.1, 0.15) is 10.4 Å². The Morgan fingerprint density at radius 2 is 2.05 bits per heavy atom. The molecule has 0 aromatic heterocycles. The summed E-state index contributed by atoms with van der Waals surface area (Å²) in [5, 5.41) is 11.4. The summed E-state index contributed by atoms with van der Waals surface area (Å²) in [6, 6.07) is 5.91. The van der Waals surface area contributed by atoms with Gasteiger partial charge in [0.2, 0.25) is 6.10 Å². The van der Waals surface area contributed by atoms with E-state index in [1.54, 1.807) is 6.07 Å². The van der Waals surface area contributed by atoms with Crippen molar-refractivity contribution < 1.29 is 18.8 Å². The number of fused-ring (bicyclic) bond motifs is 1. The predicted molar refractivity (Wildman–Crippen MR) is 79.3 cm³/mol. The van der Waals surface area contributed by atoms with Crippen LogP contribution in [0.25, 0.3) is 0 Å². The fourth-order valence-electron chi connectivity index (χ4n) is 2.17. The Kier molecular flexibility index (Phi) is 4.14. The Labute approximate surface area is 130 Å². The normalized spacial score (nSPS) is 24.6. The van der Waals surface area contributed by atoms with Gasteiger partial charge >= 0.3 is 5.00 Å². The molecule has 1 aliphatic rings. The maximum absolute atomic E-state index is 13.9. The number of Topliss-reactive ketones (excluding diaryl/α,β-unsaturated/α-hetero) is 1. The number of halogens is 2. The van der Waals surface area contributed by atoms with Gasteiger partial charge in [0, 0.05) is 5.57 Å². The number of ether oxygens (including phenoxy) is 1. The maximum Gasteiger partial charge on any atom is 0.397 e. The number of carbonyl (C=O) groups excluding carboxylic acids is 1. The lowest BCUT2D eigenvalue weighted by molar-refractivity contribution is -0.532. The lowest BCUT2D eigenvalue weighted by atomic mass is 9.90. The standard InChI is InChI=1S/C15H11ClFNO4/c1-3-9(11(17)4-2)14-15(16,18(20)21)13(19)10-7-5-6-8-12(10)22-14/h3-8,14H,1-2H2/b11-9-. The lowest BCUT2D eigenvalue weighted by Gasteiger charge is -2.33. The monoisotopic (exact) mass is 323 g/mol. The van der Waals surface area contributed by atoms with Crippen molar-refractivity contribution in [3.05, 3.63) is 76.7 Å². The van der Waals surface area contributed by atoms with Crippen molar-refractivity contribution in [1.29, 1.82) is 0 Å². The minimum atomic E-state index is -2.68. The average Bonchev–Trinajstić information content (AvgIpc) is 2.52. The van der Waals surface area contributed by atoms with Gasteiger partial charge in [-0.1, -0.05) is 31.4 Å². The first-order chi connectivity index (χ1) is 10.4. The number of rotatable bonds is 4. The van der Waals surface area contributed by atoms with Gasteiger partial charge < -0.3 is 4.74 Å². The summed E-state index contributed by atoms with van der Waals surface area (Å²) in [4.78, 5) is 20.2. The van der Waals surface area contributed by atoms with Crippen molar-refractivity contribution in [1.82, 2.24) is 0 Å². The molecule has 7 heteroatoms. The third-order valence-electron chi connectivity index (χ3n) is 3.27. The molecular weight excluding hydrogens is 313 g/mol. The molecule has 0 saturated carbocycles. The maximum atomic E-state index is 13.9. The van der Waals surface area contributed by atoms with Gasteiger partial charge in [-0.25, -0.2) is 4.39 Å². The minimum Gasteiger partial charge on any atom is -0.475 e. The molecule has 22 heavy (non-hydrogen) atoms. The van der Waals surface area contributed by atoms with E-state index >= 15 is 0 Å². The first-order valence-electron chi connectivity index (χ1n) is 6.16. The van der Waals surface area contributed by atoms with Crippen molar-refractivity contribution in [3.63, 3.8) is 0 Å². The van der Waals surface area contributed by atoms with Crippen LogP contribution in [-0.2, 0) is 0 Å². The fraction of sp³-hybridized carbons (Fsp3) is 0.133. The van der Waals surface area contributed by atoms with Crippen LogP contribution in [0.4, 0.5) is 4.39 Å². The molecule has 0 aliphatic carbocycles. The number of ketones is 1. The smallest absolute Gasteiger partial charge is 0.397 e. The van der Waals surface area contributed by atoms with Crippen molar-refractivity contribution in [2.24, 2.45) is 0 Å². The summed E-state index contributed by atoms with van der Waals surface area (Å²) < 4.78 is 19.4. The predicted octanol–water partition coefficient (Wildman–Crippen LogP) is 3.44. The zero-order valence-corrected chi connectivity index (χ0v) is 12.0. The first kappa shape index (κ1) is 15.9. The lowest BCUT2D eigenvalue weighted by Crippen LogP contribution is -2.57. The molecule has 0 radical (unpaired) electrons. The molecule has 0 fully saturated rings. The molecule has 0 spiro atoms. The van der Waals surface area contributed by atoms with E-state index in [2.05, 4.69) is 13.2 Å². The first-order valence-corrected chi connectivity index (χ1v) is 6.54. The van der Waals surface area contributed by atoms with E-state index in [4.69, 9.17) is 16.3 Å². The number of nitrogens with zero attached hydrogens (tertiary/aromatic N) is 1. The average molecular weight is 324 g/mol. The summed E-state index contributed by atoms with van der Waals surface area (Å²) >= 11 is 5.97. The molecule has 0 amide bonds. The van der Waals surface area contributed by atoms with E-state index in [0.717, 1.165) is 12.2 Å². The van der Waals surface area contributed by atoms with Crippen LogP contribution in [0, 0.1) is 10.1 Å². The summed E-state index contributed by atoms with van der Waals surface area (Å²) in [5.74, 6) is -1.78. The summed E-state index contributed by atoms with van der Waals surface area (Å²) in [7, 11) is 0. The quantitative estimate of drug-likeness (QED) is 0.280. The SMILES string of the molecule is C=C/C(F)=C(\C=C)C1Oc2ccccc2C(=O)C1(Cl)[N+](=O)[O-]. The molecule has 114 valence electrons. The highest BCUT2D eigenvalue weighted by Gasteiger charge is 2.62. The molecule has 1 aliphatic heterocycles. The van der Waals surface area contributed by atoms with Crippen LogP contribution in [0.3, 0.4) is 0 Å². The summed E-state index contributed by atoms with van der Waals surface area (Å²) in [5.41, 5.74) is -0.350. The molecule has 0 N–H and O–H groups in total. The van der Waals surface area contributed by atoms with Gasteiger partial charge in [-0.15, -0.1) is 0 Å². The minimum absolute atomic E-state index is 0.0344. The van der Waals surface area contributed by atoms with Gasteiger partial charge in [0.15, 0.2) is 0 Å². The molecule has 5 nitrogen and oxygen atoms in total. The Morgan fingerprint density at radius 1 is 1.41 bits per heavy atom. The second-order valence-corrected chi connectivity index (χ2v) is 5.04. The third kappa shape index (κ3) is 2.21. The number of hydrogen-bond donors (Lipinski definition) is 0. The summed E-state index contributed by atoms with van der Waals surface area (Å²) in [6.07, 6.45) is 0.189. The van der Waals surface area contributed by atoms with Crippen molar-refractivity contribution in [3.8, 4) is 5.75 Å². The highest BCUT2D eigenvalue weighted by Crippen LogP contribution is 2.41. The Balaban J connectivity index is 2.72. The number of nitro groups is 1. The van der Waals surface area contributed by atoms with E-state index in [9.17, 15) is 19.3 Å². The van der Waals surface area contributed by atoms with Crippen LogP contribution < -0.4 is 4.74 Å². The second kappa shape index (κ2) is 5.73. The second-order valence-electron chi connectivity index (χ2n) is 4.47. The van der Waals surface area contributed by atoms with Crippen LogP contribution in [0.2, 0.25) is 0 Å².